The maximum Gasteiger partial charge on any atom is 0.213 e. The first kappa shape index (κ1) is 17.7. The van der Waals surface area contributed by atoms with Crippen LogP contribution in [0.15, 0.2) is 77.9 Å². The molecule has 5 rings (SSSR count). The molecule has 29 heavy (non-hydrogen) atoms. The summed E-state index contributed by atoms with van der Waals surface area (Å²) in [5, 5.41) is 6.87. The fourth-order valence-corrected chi connectivity index (χ4v) is 4.00. The van der Waals surface area contributed by atoms with Crippen LogP contribution < -0.4 is 9.47 Å². The number of halogens is 1. The maximum atomic E-state index is 13.9. The zero-order chi connectivity index (χ0) is 19.8. The van der Waals surface area contributed by atoms with Crippen LogP contribution >= 0.6 is 0 Å². The smallest absolute Gasteiger partial charge is 0.213 e. The number of nitrogens with zero attached hydrogens (tertiary/aromatic N) is 2. The van der Waals surface area contributed by atoms with Gasteiger partial charge in [0.2, 0.25) is 6.23 Å². The van der Waals surface area contributed by atoms with Crippen LogP contribution in [-0.4, -0.2) is 17.3 Å². The van der Waals surface area contributed by atoms with E-state index in [1.165, 1.54) is 12.1 Å². The van der Waals surface area contributed by atoms with Crippen LogP contribution in [0.5, 0.6) is 11.5 Å². The molecule has 0 aliphatic carbocycles. The summed E-state index contributed by atoms with van der Waals surface area (Å²) in [6, 6.07) is 22.6. The van der Waals surface area contributed by atoms with Crippen molar-refractivity contribution < 1.29 is 13.9 Å². The van der Waals surface area contributed by atoms with Gasteiger partial charge in [0.05, 0.1) is 18.4 Å². The van der Waals surface area contributed by atoms with E-state index in [9.17, 15) is 4.39 Å². The van der Waals surface area contributed by atoms with E-state index in [-0.39, 0.29) is 11.9 Å². The van der Waals surface area contributed by atoms with Gasteiger partial charge in [-0.2, -0.15) is 5.10 Å². The quantitative estimate of drug-likeness (QED) is 0.595. The zero-order valence-electron chi connectivity index (χ0n) is 16.1. The SMILES string of the molecule is CCOc1ccc(C2=NN3[C@H](C2)c2ccccc2O[C@H]3c2cccc(F)c2)cc1. The highest BCUT2D eigenvalue weighted by molar-refractivity contribution is 6.02. The third kappa shape index (κ3) is 3.23. The second-order valence-electron chi connectivity index (χ2n) is 7.17. The highest BCUT2D eigenvalue weighted by atomic mass is 19.1. The molecule has 2 atom stereocenters. The van der Waals surface area contributed by atoms with Gasteiger partial charge >= 0.3 is 0 Å². The number of hydrogen-bond donors (Lipinski definition) is 0. The summed E-state index contributed by atoms with van der Waals surface area (Å²) in [5.74, 6) is 1.39. The summed E-state index contributed by atoms with van der Waals surface area (Å²) in [5.41, 5.74) is 3.89. The molecule has 0 bridgehead atoms. The minimum atomic E-state index is -0.467. The molecule has 0 aromatic heterocycles. The molecular formula is C24H21FN2O2. The van der Waals surface area contributed by atoms with Crippen LogP contribution in [-0.2, 0) is 0 Å². The van der Waals surface area contributed by atoms with Crippen molar-refractivity contribution in [1.29, 1.82) is 0 Å². The normalized spacial score (nSPS) is 19.8. The van der Waals surface area contributed by atoms with Gasteiger partial charge < -0.3 is 9.47 Å². The Balaban J connectivity index is 1.53. The van der Waals surface area contributed by atoms with Crippen molar-refractivity contribution in [1.82, 2.24) is 5.01 Å². The predicted octanol–water partition coefficient (Wildman–Crippen LogP) is 5.47. The minimum Gasteiger partial charge on any atom is -0.494 e. The highest BCUT2D eigenvalue weighted by Gasteiger charge is 2.40. The number of ether oxygens (including phenoxy) is 2. The third-order valence-electron chi connectivity index (χ3n) is 5.33. The van der Waals surface area contributed by atoms with E-state index in [1.807, 2.05) is 60.5 Å². The van der Waals surface area contributed by atoms with E-state index in [1.54, 1.807) is 6.07 Å². The lowest BCUT2D eigenvalue weighted by molar-refractivity contribution is -0.0192. The predicted molar refractivity (Wildman–Crippen MR) is 110 cm³/mol. The largest absolute Gasteiger partial charge is 0.494 e. The molecule has 0 saturated heterocycles. The van der Waals surface area contributed by atoms with Gasteiger partial charge in [-0.1, -0.05) is 30.3 Å². The van der Waals surface area contributed by atoms with Gasteiger partial charge in [0.15, 0.2) is 0 Å². The lowest BCUT2D eigenvalue weighted by Gasteiger charge is -2.38. The number of benzene rings is 3. The van der Waals surface area contributed by atoms with Crippen LogP contribution in [0, 0.1) is 5.82 Å². The molecular weight excluding hydrogens is 367 g/mol. The topological polar surface area (TPSA) is 34.1 Å². The Labute approximate surface area is 169 Å². The van der Waals surface area contributed by atoms with E-state index in [2.05, 4.69) is 6.07 Å². The molecule has 0 saturated carbocycles. The van der Waals surface area contributed by atoms with Gasteiger partial charge in [-0.25, -0.2) is 9.40 Å². The highest BCUT2D eigenvalue weighted by Crippen LogP contribution is 2.47. The first-order valence-electron chi connectivity index (χ1n) is 9.83. The minimum absolute atomic E-state index is 0.0507. The molecule has 0 N–H and O–H groups in total. The van der Waals surface area contributed by atoms with Gasteiger partial charge in [-0.15, -0.1) is 0 Å². The molecule has 0 spiro atoms. The summed E-state index contributed by atoms with van der Waals surface area (Å²) < 4.78 is 25.7. The summed E-state index contributed by atoms with van der Waals surface area (Å²) in [4.78, 5) is 0. The molecule has 5 heteroatoms. The first-order valence-corrected chi connectivity index (χ1v) is 9.83. The summed E-state index contributed by atoms with van der Waals surface area (Å²) >= 11 is 0. The Bertz CT molecular complexity index is 1060. The average molecular weight is 388 g/mol. The third-order valence-corrected chi connectivity index (χ3v) is 5.33. The van der Waals surface area contributed by atoms with Crippen molar-refractivity contribution in [2.75, 3.05) is 6.61 Å². The maximum absolute atomic E-state index is 13.9. The second kappa shape index (κ2) is 7.24. The van der Waals surface area contributed by atoms with Crippen LogP contribution in [0.3, 0.4) is 0 Å². The fraction of sp³-hybridized carbons (Fsp3) is 0.208. The number of rotatable bonds is 4. The number of hydrazone groups is 1. The van der Waals surface area contributed by atoms with E-state index in [4.69, 9.17) is 14.6 Å². The van der Waals surface area contributed by atoms with Crippen LogP contribution in [0.1, 0.15) is 42.3 Å². The van der Waals surface area contributed by atoms with Crippen LogP contribution in [0.4, 0.5) is 4.39 Å². The monoisotopic (exact) mass is 388 g/mol. The van der Waals surface area contributed by atoms with E-state index >= 15 is 0 Å². The molecule has 2 heterocycles. The lowest BCUT2D eigenvalue weighted by atomic mass is 9.96. The molecule has 2 aliphatic rings. The Kier molecular flexibility index (Phi) is 4.43. The van der Waals surface area contributed by atoms with Crippen molar-refractivity contribution in [3.8, 4) is 11.5 Å². The number of para-hydroxylation sites is 1. The molecule has 146 valence electrons. The van der Waals surface area contributed by atoms with Gasteiger partial charge in [-0.3, -0.25) is 0 Å². The summed E-state index contributed by atoms with van der Waals surface area (Å²) in [7, 11) is 0. The van der Waals surface area contributed by atoms with E-state index in [0.717, 1.165) is 40.3 Å². The van der Waals surface area contributed by atoms with Crippen LogP contribution in [0.2, 0.25) is 0 Å². The van der Waals surface area contributed by atoms with Crippen molar-refractivity contribution >= 4 is 5.71 Å². The Morgan fingerprint density at radius 2 is 1.90 bits per heavy atom. The van der Waals surface area contributed by atoms with E-state index in [0.29, 0.717) is 6.61 Å². The van der Waals surface area contributed by atoms with Crippen molar-refractivity contribution in [3.05, 3.63) is 95.3 Å². The Morgan fingerprint density at radius 3 is 2.69 bits per heavy atom. The van der Waals surface area contributed by atoms with Crippen molar-refractivity contribution in [2.45, 2.75) is 25.6 Å². The van der Waals surface area contributed by atoms with Crippen LogP contribution in [0.25, 0.3) is 0 Å². The molecule has 4 nitrogen and oxygen atoms in total. The fourth-order valence-electron chi connectivity index (χ4n) is 4.00. The van der Waals surface area contributed by atoms with Crippen molar-refractivity contribution in [3.63, 3.8) is 0 Å². The Morgan fingerprint density at radius 1 is 1.07 bits per heavy atom. The van der Waals surface area contributed by atoms with Gasteiger partial charge in [-0.05, 0) is 55.0 Å². The van der Waals surface area contributed by atoms with Gasteiger partial charge in [0.25, 0.3) is 0 Å². The molecule has 3 aromatic rings. The van der Waals surface area contributed by atoms with Crippen molar-refractivity contribution in [2.24, 2.45) is 5.10 Å². The number of fused-ring (bicyclic) bond motifs is 3. The second-order valence-corrected chi connectivity index (χ2v) is 7.17. The first-order chi connectivity index (χ1) is 14.2. The number of hydrogen-bond acceptors (Lipinski definition) is 4. The zero-order valence-corrected chi connectivity index (χ0v) is 16.1. The summed E-state index contributed by atoms with van der Waals surface area (Å²) in [6.07, 6.45) is 0.297. The van der Waals surface area contributed by atoms with Gasteiger partial charge in [0, 0.05) is 17.5 Å². The molecule has 0 fully saturated rings. The molecule has 2 aliphatic heterocycles. The van der Waals surface area contributed by atoms with Gasteiger partial charge in [0.1, 0.15) is 17.3 Å². The van der Waals surface area contributed by atoms with E-state index < -0.39 is 6.23 Å². The molecule has 0 unspecified atom stereocenters. The standard InChI is InChI=1S/C24H21FN2O2/c1-2-28-19-12-10-16(11-13-19)21-15-22-20-8-3-4-9-23(20)29-24(27(22)26-21)17-6-5-7-18(25)14-17/h3-14,22,24H,2,15H2,1H3/t22-,24+/m1/s1. The summed E-state index contributed by atoms with van der Waals surface area (Å²) in [6.45, 7) is 2.61. The molecule has 0 radical (unpaired) electrons. The lowest BCUT2D eigenvalue weighted by Crippen LogP contribution is -2.33. The average Bonchev–Trinajstić information content (AvgIpc) is 3.20. The molecule has 0 amide bonds. The Hall–Kier alpha value is -3.34. The molecule has 3 aromatic carbocycles.